The Morgan fingerprint density at radius 3 is 2.34 bits per heavy atom. The van der Waals surface area contributed by atoms with E-state index >= 15 is 0 Å². The highest BCUT2D eigenvalue weighted by atomic mass is 16.4. The molecule has 44 heavy (non-hydrogen) atoms. The number of nitrogens with zero attached hydrogens (tertiary/aromatic N) is 2. The molecule has 0 bridgehead atoms. The highest BCUT2D eigenvalue weighted by molar-refractivity contribution is 6.08. The van der Waals surface area contributed by atoms with Crippen molar-refractivity contribution in [3.8, 4) is 0 Å². The Kier molecular flexibility index (Phi) is 8.31. The molecule has 0 saturated carbocycles. The molecule has 1 heterocycles. The molecule has 3 atom stereocenters. The van der Waals surface area contributed by atoms with Crippen LogP contribution in [0.3, 0.4) is 0 Å². The van der Waals surface area contributed by atoms with E-state index in [1.54, 1.807) is 48.5 Å². The Bertz CT molecular complexity index is 1780. The van der Waals surface area contributed by atoms with Crippen LogP contribution < -0.4 is 15.9 Å². The third-order valence-electron chi connectivity index (χ3n) is 7.83. The fourth-order valence-electron chi connectivity index (χ4n) is 5.56. The van der Waals surface area contributed by atoms with Gasteiger partial charge in [-0.15, -0.1) is 0 Å². The second kappa shape index (κ2) is 12.8. The number of nitrogens with two attached hydrogens (primary N) is 1. The minimum absolute atomic E-state index is 0.0502. The smallest absolute Gasteiger partial charge is 0.326 e. The van der Waals surface area contributed by atoms with Gasteiger partial charge in [-0.25, -0.2) is 4.79 Å². The van der Waals surface area contributed by atoms with E-state index in [4.69, 9.17) is 12.6 Å². The Labute approximate surface area is 256 Å². The number of amidine groups is 1. The zero-order valence-electron chi connectivity index (χ0n) is 25.1. The van der Waals surface area contributed by atoms with Crippen molar-refractivity contribution in [3.05, 3.63) is 114 Å². The fraction of sp³-hybridized carbons (Fsp3) is 0.206. The van der Waals surface area contributed by atoms with Crippen molar-refractivity contribution in [2.45, 2.75) is 37.9 Å². The SMILES string of the molecule is [2H]N(C(=O)c1cccc(C(=N)N)c1)[C@@H](C(=O)N(c1ccc2ccccc2c1)[C@@H](C)C(=O)N1CCC[C@@H]1C(=O)O)c1ccccc1. The van der Waals surface area contributed by atoms with Gasteiger partial charge < -0.3 is 21.0 Å². The maximum Gasteiger partial charge on any atom is 0.326 e. The number of hydrogen-bond donors (Lipinski definition) is 4. The molecule has 4 aromatic rings. The van der Waals surface area contributed by atoms with E-state index in [0.29, 0.717) is 29.4 Å². The molecule has 1 fully saturated rings. The van der Waals surface area contributed by atoms with Crippen LogP contribution in [0.4, 0.5) is 5.69 Å². The van der Waals surface area contributed by atoms with Crippen molar-refractivity contribution in [1.29, 1.82) is 5.41 Å². The quantitative estimate of drug-likeness (QED) is 0.169. The molecular formula is C34H33N5O5. The summed E-state index contributed by atoms with van der Waals surface area (Å²) in [6.45, 7) is 1.76. The van der Waals surface area contributed by atoms with Gasteiger partial charge in [0.15, 0.2) is 1.41 Å². The lowest BCUT2D eigenvalue weighted by molar-refractivity contribution is -0.148. The van der Waals surface area contributed by atoms with Gasteiger partial charge in [-0.05, 0) is 60.4 Å². The van der Waals surface area contributed by atoms with Gasteiger partial charge in [-0.1, -0.05) is 72.8 Å². The summed E-state index contributed by atoms with van der Waals surface area (Å²) in [5.74, 6) is -3.47. The maximum absolute atomic E-state index is 14.8. The number of carbonyl (C=O) groups excluding carboxylic acids is 3. The van der Waals surface area contributed by atoms with Crippen molar-refractivity contribution in [3.63, 3.8) is 0 Å². The summed E-state index contributed by atoms with van der Waals surface area (Å²) in [7, 11) is 0. The van der Waals surface area contributed by atoms with Crippen LogP contribution in [0.15, 0.2) is 97.1 Å². The van der Waals surface area contributed by atoms with Crippen LogP contribution in [-0.4, -0.2) is 58.2 Å². The van der Waals surface area contributed by atoms with E-state index in [-0.39, 0.29) is 23.5 Å². The molecular weight excluding hydrogens is 558 g/mol. The number of carbonyl (C=O) groups is 4. The number of hydrogen-bond acceptors (Lipinski definition) is 5. The molecule has 0 radical (unpaired) electrons. The number of benzene rings is 4. The predicted molar refractivity (Wildman–Crippen MR) is 167 cm³/mol. The van der Waals surface area contributed by atoms with Gasteiger partial charge in [0.1, 0.15) is 24.0 Å². The van der Waals surface area contributed by atoms with Gasteiger partial charge in [-0.3, -0.25) is 24.7 Å². The number of fused-ring (bicyclic) bond motifs is 1. The molecule has 1 aliphatic heterocycles. The maximum atomic E-state index is 14.8. The molecule has 0 aromatic heterocycles. The van der Waals surface area contributed by atoms with E-state index in [1.165, 1.54) is 34.9 Å². The molecule has 224 valence electrons. The molecule has 3 amide bonds. The molecule has 0 unspecified atom stereocenters. The highest BCUT2D eigenvalue weighted by Crippen LogP contribution is 2.29. The first-order chi connectivity index (χ1) is 21.6. The van der Waals surface area contributed by atoms with Crippen molar-refractivity contribution in [2.24, 2.45) is 5.73 Å². The van der Waals surface area contributed by atoms with Gasteiger partial charge in [0.2, 0.25) is 5.91 Å². The molecule has 10 heteroatoms. The van der Waals surface area contributed by atoms with Crippen molar-refractivity contribution >= 4 is 46.0 Å². The van der Waals surface area contributed by atoms with Crippen molar-refractivity contribution in [2.75, 3.05) is 11.4 Å². The lowest BCUT2D eigenvalue weighted by Crippen LogP contribution is -2.54. The van der Waals surface area contributed by atoms with E-state index < -0.39 is 41.8 Å². The largest absolute Gasteiger partial charge is 0.480 e. The van der Waals surface area contributed by atoms with Crippen LogP contribution >= 0.6 is 0 Å². The average Bonchev–Trinajstić information content (AvgIpc) is 3.55. The number of nitrogens with one attached hydrogen (secondary N) is 2. The zero-order chi connectivity index (χ0) is 32.2. The molecule has 4 aromatic carbocycles. The molecule has 0 aliphatic carbocycles. The van der Waals surface area contributed by atoms with Crippen molar-refractivity contribution < 1.29 is 25.7 Å². The normalized spacial score (nSPS) is 16.1. The fourth-order valence-corrected chi connectivity index (χ4v) is 5.56. The standard InChI is InChI=1S/C34H33N5O5/c1-21(32(41)38-18-8-15-28(38)34(43)44)39(27-17-16-22-9-5-6-12-24(22)20-27)33(42)29(23-10-3-2-4-11-23)37-31(40)26-14-7-13-25(19-26)30(35)36/h2-7,9-14,16-17,19-21,28-29H,8,15,18H2,1H3,(H3,35,36)(H,37,40)(H,43,44)/t21-,28+,29+/m0/s1/i/hD. The molecule has 5 N–H and O–H groups in total. The van der Waals surface area contributed by atoms with Crippen LogP contribution in [0.1, 0.15) is 47.3 Å². The zero-order valence-corrected chi connectivity index (χ0v) is 24.1. The summed E-state index contributed by atoms with van der Waals surface area (Å²) < 4.78 is 8.99. The van der Waals surface area contributed by atoms with Crippen LogP contribution in [-0.2, 0) is 14.4 Å². The Morgan fingerprint density at radius 2 is 1.64 bits per heavy atom. The second-order valence-corrected chi connectivity index (χ2v) is 10.7. The number of nitrogen functional groups attached to an aromatic ring is 1. The number of anilines is 1. The van der Waals surface area contributed by atoms with Crippen LogP contribution in [0.2, 0.25) is 1.41 Å². The Hall–Kier alpha value is -5.51. The summed E-state index contributed by atoms with van der Waals surface area (Å²) in [4.78, 5) is 56.9. The van der Waals surface area contributed by atoms with Gasteiger partial charge in [-0.2, -0.15) is 0 Å². The molecule has 1 aliphatic rings. The number of aliphatic carboxylic acids is 1. The summed E-state index contributed by atoms with van der Waals surface area (Å²) in [6, 6.07) is 23.4. The first-order valence-corrected chi connectivity index (χ1v) is 14.3. The molecule has 5 rings (SSSR count). The minimum atomic E-state index is -1.49. The third-order valence-corrected chi connectivity index (χ3v) is 7.83. The number of carboxylic acids is 1. The molecule has 10 nitrogen and oxygen atoms in total. The summed E-state index contributed by atoms with van der Waals surface area (Å²) in [5.41, 5.74) is 6.65. The Balaban J connectivity index is 1.61. The average molecular weight is 593 g/mol. The number of amides is 3. The highest BCUT2D eigenvalue weighted by Gasteiger charge is 2.41. The van der Waals surface area contributed by atoms with Gasteiger partial charge in [0.05, 0.1) is 0 Å². The lowest BCUT2D eigenvalue weighted by Gasteiger charge is -2.35. The monoisotopic (exact) mass is 592 g/mol. The predicted octanol–water partition coefficient (Wildman–Crippen LogP) is 4.09. The van der Waals surface area contributed by atoms with Gasteiger partial charge >= 0.3 is 5.97 Å². The van der Waals surface area contributed by atoms with Crippen LogP contribution in [0.25, 0.3) is 10.8 Å². The number of carboxylic acid groups (broad SMARTS) is 1. The Morgan fingerprint density at radius 1 is 0.955 bits per heavy atom. The van der Waals surface area contributed by atoms with Gasteiger partial charge in [0.25, 0.3) is 11.8 Å². The van der Waals surface area contributed by atoms with E-state index in [9.17, 15) is 24.3 Å². The molecule has 0 spiro atoms. The summed E-state index contributed by atoms with van der Waals surface area (Å²) >= 11 is 0. The minimum Gasteiger partial charge on any atom is -0.480 e. The van der Waals surface area contributed by atoms with Crippen molar-refractivity contribution in [1.82, 2.24) is 10.2 Å². The second-order valence-electron chi connectivity index (χ2n) is 10.7. The van der Waals surface area contributed by atoms with E-state index in [0.717, 1.165) is 10.8 Å². The first kappa shape index (κ1) is 28.6. The van der Waals surface area contributed by atoms with Crippen LogP contribution in [0, 0.1) is 5.41 Å². The number of likely N-dealkylation sites (tertiary alicyclic amines) is 1. The summed E-state index contributed by atoms with van der Waals surface area (Å²) in [5, 5.41) is 19.8. The van der Waals surface area contributed by atoms with Crippen LogP contribution in [0.5, 0.6) is 0 Å². The van der Waals surface area contributed by atoms with E-state index in [1.807, 2.05) is 30.3 Å². The van der Waals surface area contributed by atoms with E-state index in [2.05, 4.69) is 0 Å². The summed E-state index contributed by atoms with van der Waals surface area (Å²) in [6.07, 6.45) is 0.818. The van der Waals surface area contributed by atoms with Gasteiger partial charge in [0, 0.05) is 23.4 Å². The first-order valence-electron chi connectivity index (χ1n) is 14.7. The topological polar surface area (TPSA) is 157 Å². The molecule has 1 saturated heterocycles. The number of rotatable bonds is 9. The lowest BCUT2D eigenvalue weighted by atomic mass is 10.0. The third kappa shape index (κ3) is 6.14.